The molecule has 3 aromatic carbocycles. The van der Waals surface area contributed by atoms with Crippen molar-refractivity contribution in [3.05, 3.63) is 94.1 Å². The molecule has 0 aliphatic heterocycles. The molecule has 12 heteroatoms. The molecular weight excluding hydrogens is 520 g/mol. The summed E-state index contributed by atoms with van der Waals surface area (Å²) in [5.74, 6) is -13.8. The topological polar surface area (TPSA) is 84.9 Å². The summed E-state index contributed by atoms with van der Waals surface area (Å²) >= 11 is 0. The van der Waals surface area contributed by atoms with Gasteiger partial charge in [0, 0.05) is 24.2 Å². The average Bonchev–Trinajstić information content (AvgIpc) is 2.82. The molecule has 38 heavy (non-hydrogen) atoms. The number of hydrogen-bond acceptors (Lipinski definition) is 6. The summed E-state index contributed by atoms with van der Waals surface area (Å²) in [5.41, 5.74) is -2.57. The first-order valence-electron chi connectivity index (χ1n) is 11.0. The summed E-state index contributed by atoms with van der Waals surface area (Å²) in [6.07, 6.45) is -1.21. The van der Waals surface area contributed by atoms with Crippen molar-refractivity contribution in [2.24, 2.45) is 0 Å². The molecule has 0 saturated heterocycles. The second kappa shape index (κ2) is 11.2. The highest BCUT2D eigenvalue weighted by Gasteiger charge is 2.25. The van der Waals surface area contributed by atoms with Crippen LogP contribution in [0.1, 0.15) is 53.2 Å². The number of benzene rings is 3. The van der Waals surface area contributed by atoms with Gasteiger partial charge in [0.1, 0.15) is 22.8 Å². The largest absolute Gasteiger partial charge is 0.419 e. The van der Waals surface area contributed by atoms with Gasteiger partial charge in [-0.3, -0.25) is 0 Å². The molecule has 202 valence electrons. The Balaban J connectivity index is 2.00. The Labute approximate surface area is 212 Å². The van der Waals surface area contributed by atoms with Crippen molar-refractivity contribution in [3.63, 3.8) is 0 Å². The van der Waals surface area contributed by atoms with Crippen LogP contribution >= 0.6 is 0 Å². The van der Waals surface area contributed by atoms with Crippen molar-refractivity contribution < 1.29 is 50.5 Å². The molecule has 6 nitrogen and oxygen atoms in total. The lowest BCUT2D eigenvalue weighted by Gasteiger charge is -2.23. The fraction of sp³-hybridized carbons (Fsp3) is 0.231. The minimum absolute atomic E-state index is 0.00748. The van der Waals surface area contributed by atoms with Gasteiger partial charge in [-0.05, 0) is 50.6 Å². The molecule has 1 atom stereocenters. The minimum Gasteiger partial charge on any atom is -0.419 e. The molecule has 0 saturated carbocycles. The van der Waals surface area contributed by atoms with E-state index in [1.165, 1.54) is 6.07 Å². The molecular formula is C26H21F6NO5. The first-order chi connectivity index (χ1) is 17.7. The van der Waals surface area contributed by atoms with Crippen molar-refractivity contribution in [1.29, 1.82) is 0 Å². The smallest absolute Gasteiger partial charge is 0.346 e. The number of β-amino-alcohol motifs (C(OH)–C–C–N with tert-alkyl or cyclic N) is 1. The van der Waals surface area contributed by atoms with E-state index in [0.717, 1.165) is 12.1 Å². The van der Waals surface area contributed by atoms with Gasteiger partial charge in [-0.1, -0.05) is 6.07 Å². The van der Waals surface area contributed by atoms with E-state index in [2.05, 4.69) is 5.32 Å². The molecule has 3 aromatic rings. The number of carbonyl (C=O) groups is 2. The monoisotopic (exact) mass is 541 g/mol. The molecule has 0 bridgehead atoms. The second-order valence-electron chi connectivity index (χ2n) is 9.13. The van der Waals surface area contributed by atoms with Gasteiger partial charge in [0.05, 0.1) is 6.10 Å². The normalized spacial score (nSPS) is 12.3. The fourth-order valence-corrected chi connectivity index (χ4v) is 3.14. The van der Waals surface area contributed by atoms with Gasteiger partial charge in [-0.2, -0.15) is 0 Å². The lowest BCUT2D eigenvalue weighted by Crippen LogP contribution is -2.38. The Hall–Kier alpha value is -3.90. The number of halogens is 6. The Morgan fingerprint density at radius 1 is 0.789 bits per heavy atom. The van der Waals surface area contributed by atoms with Crippen LogP contribution in [0, 0.1) is 34.9 Å². The van der Waals surface area contributed by atoms with Crippen molar-refractivity contribution in [2.75, 3.05) is 6.54 Å². The summed E-state index contributed by atoms with van der Waals surface area (Å²) in [6, 6.07) is 4.38. The molecule has 0 fully saturated rings. The standard InChI is InChI=1S/C26H21F6NO5/c1-26(2,3)33-11-19(34)12-4-5-20(37-24(35)15-7-13(27)9-17(29)22(15)31)21(6-12)38-25(36)16-8-14(28)10-18(30)23(16)32/h4-10,19,33-34H,11H2,1-3H3. The zero-order chi connectivity index (χ0) is 28.4. The predicted octanol–water partition coefficient (Wildman–Crippen LogP) is 5.38. The van der Waals surface area contributed by atoms with Crippen molar-refractivity contribution in [3.8, 4) is 11.5 Å². The van der Waals surface area contributed by atoms with E-state index in [-0.39, 0.29) is 24.2 Å². The zero-order valence-corrected chi connectivity index (χ0v) is 20.2. The van der Waals surface area contributed by atoms with E-state index < -0.39 is 81.1 Å². The molecule has 1 unspecified atom stereocenters. The van der Waals surface area contributed by atoms with Gasteiger partial charge >= 0.3 is 11.9 Å². The number of aliphatic hydroxyl groups excluding tert-OH is 1. The van der Waals surface area contributed by atoms with Crippen LogP contribution in [0.5, 0.6) is 11.5 Å². The summed E-state index contributed by atoms with van der Waals surface area (Å²) in [7, 11) is 0. The lowest BCUT2D eigenvalue weighted by atomic mass is 10.1. The number of ether oxygens (including phenoxy) is 2. The third kappa shape index (κ3) is 6.90. The second-order valence-corrected chi connectivity index (χ2v) is 9.13. The van der Waals surface area contributed by atoms with Gasteiger partial charge in [0.25, 0.3) is 0 Å². The van der Waals surface area contributed by atoms with Crippen LogP contribution in [0.4, 0.5) is 26.3 Å². The number of rotatable bonds is 7. The van der Waals surface area contributed by atoms with Crippen LogP contribution in [0.25, 0.3) is 0 Å². The van der Waals surface area contributed by atoms with Gasteiger partial charge in [-0.15, -0.1) is 0 Å². The molecule has 0 spiro atoms. The maximum absolute atomic E-state index is 14.1. The van der Waals surface area contributed by atoms with Gasteiger partial charge in [-0.25, -0.2) is 35.9 Å². The summed E-state index contributed by atoms with van der Waals surface area (Å²) in [6.45, 7) is 5.50. The van der Waals surface area contributed by atoms with E-state index in [9.17, 15) is 41.0 Å². The quantitative estimate of drug-likeness (QED) is 0.181. The van der Waals surface area contributed by atoms with Gasteiger partial charge < -0.3 is 19.9 Å². The Morgan fingerprint density at radius 2 is 1.26 bits per heavy atom. The Morgan fingerprint density at radius 3 is 1.74 bits per heavy atom. The number of hydrogen-bond donors (Lipinski definition) is 2. The van der Waals surface area contributed by atoms with Crippen molar-refractivity contribution >= 4 is 11.9 Å². The summed E-state index contributed by atoms with van der Waals surface area (Å²) in [5, 5.41) is 13.5. The van der Waals surface area contributed by atoms with E-state index >= 15 is 0 Å². The summed E-state index contributed by atoms with van der Waals surface area (Å²) in [4.78, 5) is 25.0. The maximum Gasteiger partial charge on any atom is 0.346 e. The predicted molar refractivity (Wildman–Crippen MR) is 122 cm³/mol. The van der Waals surface area contributed by atoms with Gasteiger partial charge in [0.2, 0.25) is 0 Å². The van der Waals surface area contributed by atoms with E-state index in [1.807, 2.05) is 20.8 Å². The van der Waals surface area contributed by atoms with Crippen LogP contribution in [-0.4, -0.2) is 29.1 Å². The molecule has 0 aliphatic carbocycles. The number of esters is 2. The van der Waals surface area contributed by atoms with E-state index in [4.69, 9.17) is 9.47 Å². The zero-order valence-electron chi connectivity index (χ0n) is 20.2. The number of nitrogens with one attached hydrogen (secondary N) is 1. The fourth-order valence-electron chi connectivity index (χ4n) is 3.14. The molecule has 3 rings (SSSR count). The molecule has 0 heterocycles. The molecule has 2 N–H and O–H groups in total. The van der Waals surface area contributed by atoms with Crippen LogP contribution in [0.15, 0.2) is 42.5 Å². The maximum atomic E-state index is 14.1. The molecule has 0 aliphatic rings. The number of carbonyl (C=O) groups excluding carboxylic acids is 2. The van der Waals surface area contributed by atoms with Crippen LogP contribution in [-0.2, 0) is 0 Å². The molecule has 0 amide bonds. The van der Waals surface area contributed by atoms with Crippen molar-refractivity contribution in [2.45, 2.75) is 32.4 Å². The average molecular weight is 541 g/mol. The van der Waals surface area contributed by atoms with Crippen LogP contribution in [0.3, 0.4) is 0 Å². The third-order valence-electron chi connectivity index (χ3n) is 5.01. The molecule has 0 aromatic heterocycles. The third-order valence-corrected chi connectivity index (χ3v) is 5.01. The SMILES string of the molecule is CC(C)(C)NCC(O)c1ccc(OC(=O)c2cc(F)cc(F)c2F)c(OC(=O)c2cc(F)cc(F)c2F)c1. The highest BCUT2D eigenvalue weighted by Crippen LogP contribution is 2.33. The van der Waals surface area contributed by atoms with Crippen LogP contribution < -0.4 is 14.8 Å². The molecule has 0 radical (unpaired) electrons. The first-order valence-corrected chi connectivity index (χ1v) is 11.0. The highest BCUT2D eigenvalue weighted by molar-refractivity contribution is 5.93. The Kier molecular flexibility index (Phi) is 8.48. The van der Waals surface area contributed by atoms with E-state index in [1.54, 1.807) is 0 Å². The van der Waals surface area contributed by atoms with Gasteiger partial charge in [0.15, 0.2) is 34.8 Å². The summed E-state index contributed by atoms with van der Waals surface area (Å²) < 4.78 is 92.4. The highest BCUT2D eigenvalue weighted by atomic mass is 19.2. The minimum atomic E-state index is -1.72. The number of aliphatic hydroxyl groups is 1. The first kappa shape index (κ1) is 28.7. The van der Waals surface area contributed by atoms with Crippen LogP contribution in [0.2, 0.25) is 0 Å². The lowest BCUT2D eigenvalue weighted by molar-refractivity contribution is 0.0674. The van der Waals surface area contributed by atoms with E-state index in [0.29, 0.717) is 12.1 Å². The Bertz CT molecular complexity index is 1390. The van der Waals surface area contributed by atoms with Crippen molar-refractivity contribution in [1.82, 2.24) is 5.32 Å².